The van der Waals surface area contributed by atoms with Gasteiger partial charge >= 0.3 is 12.0 Å². The van der Waals surface area contributed by atoms with E-state index in [0.717, 1.165) is 6.42 Å². The number of likely N-dealkylation sites (tertiary alicyclic amines) is 1. The van der Waals surface area contributed by atoms with Crippen LogP contribution in [0.15, 0.2) is 0 Å². The molecule has 0 bridgehead atoms. The Balaban J connectivity index is 2.53. The van der Waals surface area contributed by atoms with E-state index in [1.165, 1.54) is 4.90 Å². The van der Waals surface area contributed by atoms with Crippen molar-refractivity contribution in [1.82, 2.24) is 15.1 Å². The molecule has 0 unspecified atom stereocenters. The average Bonchev–Trinajstić information content (AvgIpc) is 2.74. The first kappa shape index (κ1) is 14.8. The van der Waals surface area contributed by atoms with Crippen molar-refractivity contribution in [3.05, 3.63) is 0 Å². The maximum absolute atomic E-state index is 12.0. The van der Waals surface area contributed by atoms with Gasteiger partial charge in [-0.15, -0.1) is 0 Å². The normalized spacial score (nSPS) is 20.3. The highest BCUT2D eigenvalue weighted by atomic mass is 16.4. The van der Waals surface area contributed by atoms with E-state index in [1.807, 2.05) is 32.8 Å². The molecule has 0 spiro atoms. The molecule has 0 aliphatic carbocycles. The smallest absolute Gasteiger partial charge is 0.326 e. The van der Waals surface area contributed by atoms with E-state index in [9.17, 15) is 9.59 Å². The number of nitrogens with zero attached hydrogens (tertiary/aromatic N) is 2. The van der Waals surface area contributed by atoms with Gasteiger partial charge in [-0.3, -0.25) is 0 Å². The molecule has 6 nitrogen and oxygen atoms in total. The van der Waals surface area contributed by atoms with Crippen LogP contribution in [0.5, 0.6) is 0 Å². The number of hydrogen-bond donors (Lipinski definition) is 2. The number of carbonyl (C=O) groups excluding carboxylic acids is 1. The van der Waals surface area contributed by atoms with Crippen LogP contribution in [0, 0.1) is 0 Å². The lowest BCUT2D eigenvalue weighted by Crippen LogP contribution is -2.52. The largest absolute Gasteiger partial charge is 0.480 e. The van der Waals surface area contributed by atoms with E-state index in [4.69, 9.17) is 5.11 Å². The lowest BCUT2D eigenvalue weighted by Gasteiger charge is -2.33. The van der Waals surface area contributed by atoms with E-state index in [0.29, 0.717) is 19.5 Å². The molecule has 0 aromatic rings. The molecule has 0 aromatic heterocycles. The molecule has 1 rings (SSSR count). The van der Waals surface area contributed by atoms with Crippen molar-refractivity contribution in [2.45, 2.75) is 38.3 Å². The van der Waals surface area contributed by atoms with Crippen LogP contribution < -0.4 is 5.32 Å². The fraction of sp³-hybridized carbons (Fsp3) is 0.833. The minimum absolute atomic E-state index is 0.159. The van der Waals surface area contributed by atoms with E-state index in [-0.39, 0.29) is 11.6 Å². The van der Waals surface area contributed by atoms with Crippen LogP contribution in [0.1, 0.15) is 26.7 Å². The summed E-state index contributed by atoms with van der Waals surface area (Å²) in [7, 11) is 3.89. The Labute approximate surface area is 108 Å². The molecule has 1 saturated heterocycles. The third-order valence-electron chi connectivity index (χ3n) is 3.68. The summed E-state index contributed by atoms with van der Waals surface area (Å²) < 4.78 is 0. The molecular weight excluding hydrogens is 234 g/mol. The van der Waals surface area contributed by atoms with Gasteiger partial charge in [-0.1, -0.05) is 0 Å². The Hall–Kier alpha value is -1.30. The van der Waals surface area contributed by atoms with Crippen LogP contribution in [-0.4, -0.2) is 65.7 Å². The molecule has 2 amide bonds. The number of rotatable bonds is 4. The summed E-state index contributed by atoms with van der Waals surface area (Å²) in [5.41, 5.74) is -0.159. The first-order chi connectivity index (χ1) is 8.25. The summed E-state index contributed by atoms with van der Waals surface area (Å²) >= 11 is 0. The van der Waals surface area contributed by atoms with Gasteiger partial charge in [0.05, 0.1) is 0 Å². The van der Waals surface area contributed by atoms with Crippen LogP contribution in [0.3, 0.4) is 0 Å². The van der Waals surface area contributed by atoms with Crippen LogP contribution in [-0.2, 0) is 4.79 Å². The third kappa shape index (κ3) is 3.35. The molecule has 1 atom stereocenters. The fourth-order valence-electron chi connectivity index (χ4n) is 1.82. The Bertz CT molecular complexity index is 329. The van der Waals surface area contributed by atoms with E-state index >= 15 is 0 Å². The molecule has 0 aromatic carbocycles. The van der Waals surface area contributed by atoms with Crippen molar-refractivity contribution in [3.8, 4) is 0 Å². The van der Waals surface area contributed by atoms with Gasteiger partial charge in [-0.25, -0.2) is 9.59 Å². The van der Waals surface area contributed by atoms with Gasteiger partial charge in [0.25, 0.3) is 0 Å². The number of carbonyl (C=O) groups is 2. The number of nitrogens with one attached hydrogen (secondary N) is 1. The number of carboxylic acids is 1. The van der Waals surface area contributed by atoms with Crippen molar-refractivity contribution in [2.75, 3.05) is 27.2 Å². The summed E-state index contributed by atoms with van der Waals surface area (Å²) in [5, 5.41) is 11.8. The van der Waals surface area contributed by atoms with Gasteiger partial charge in [0.15, 0.2) is 0 Å². The van der Waals surface area contributed by atoms with Crippen LogP contribution in [0.4, 0.5) is 4.79 Å². The lowest BCUT2D eigenvalue weighted by atomic mass is 10.0. The molecule has 1 heterocycles. The third-order valence-corrected chi connectivity index (χ3v) is 3.68. The molecular formula is C12H23N3O3. The van der Waals surface area contributed by atoms with Crippen molar-refractivity contribution < 1.29 is 14.7 Å². The summed E-state index contributed by atoms with van der Waals surface area (Å²) in [6.07, 6.45) is 1.29. The maximum Gasteiger partial charge on any atom is 0.326 e. The summed E-state index contributed by atoms with van der Waals surface area (Å²) in [6, 6.07) is -0.956. The van der Waals surface area contributed by atoms with Gasteiger partial charge in [-0.05, 0) is 40.8 Å². The van der Waals surface area contributed by atoms with Gasteiger partial charge in [0.1, 0.15) is 6.04 Å². The second kappa shape index (κ2) is 5.56. The van der Waals surface area contributed by atoms with Crippen molar-refractivity contribution in [2.24, 2.45) is 0 Å². The molecule has 1 fully saturated rings. The molecule has 6 heteroatoms. The second-order valence-electron chi connectivity index (χ2n) is 5.56. The molecule has 104 valence electrons. The SMILES string of the molecule is CN(C)C(C)(C)CNC(=O)N1CCC[C@H]1C(=O)O. The Morgan fingerprint density at radius 3 is 2.56 bits per heavy atom. The first-order valence-corrected chi connectivity index (χ1v) is 6.20. The van der Waals surface area contributed by atoms with E-state index in [2.05, 4.69) is 5.32 Å². The first-order valence-electron chi connectivity index (χ1n) is 6.20. The van der Waals surface area contributed by atoms with Gasteiger partial charge in [0, 0.05) is 18.6 Å². The number of urea groups is 1. The molecule has 1 aliphatic rings. The molecule has 2 N–H and O–H groups in total. The highest BCUT2D eigenvalue weighted by molar-refractivity contribution is 5.83. The Morgan fingerprint density at radius 2 is 2.06 bits per heavy atom. The molecule has 0 saturated carbocycles. The molecule has 1 aliphatic heterocycles. The number of carboxylic acid groups (broad SMARTS) is 1. The van der Waals surface area contributed by atoms with Crippen molar-refractivity contribution >= 4 is 12.0 Å². The zero-order valence-corrected chi connectivity index (χ0v) is 11.6. The highest BCUT2D eigenvalue weighted by Crippen LogP contribution is 2.17. The summed E-state index contributed by atoms with van der Waals surface area (Å²) in [6.45, 7) is 5.05. The zero-order chi connectivity index (χ0) is 13.9. The minimum atomic E-state index is -0.922. The molecule has 0 radical (unpaired) electrons. The topological polar surface area (TPSA) is 72.9 Å². The standard InChI is InChI=1S/C12H23N3O3/c1-12(2,14(3)4)8-13-11(18)15-7-5-6-9(15)10(16)17/h9H,5-8H2,1-4H3,(H,13,18)(H,16,17)/t9-/m0/s1. The minimum Gasteiger partial charge on any atom is -0.480 e. The fourth-order valence-corrected chi connectivity index (χ4v) is 1.82. The predicted molar refractivity (Wildman–Crippen MR) is 68.5 cm³/mol. The zero-order valence-electron chi connectivity index (χ0n) is 11.6. The van der Waals surface area contributed by atoms with Crippen LogP contribution >= 0.6 is 0 Å². The summed E-state index contributed by atoms with van der Waals surface area (Å²) in [4.78, 5) is 26.4. The highest BCUT2D eigenvalue weighted by Gasteiger charge is 2.34. The number of amides is 2. The predicted octanol–water partition coefficient (Wildman–Crippen LogP) is 0.585. The number of likely N-dealkylation sites (N-methyl/N-ethyl adjacent to an activating group) is 1. The van der Waals surface area contributed by atoms with Crippen LogP contribution in [0.25, 0.3) is 0 Å². The molecule has 18 heavy (non-hydrogen) atoms. The van der Waals surface area contributed by atoms with Gasteiger partial charge in [-0.2, -0.15) is 0 Å². The van der Waals surface area contributed by atoms with Crippen LogP contribution in [0.2, 0.25) is 0 Å². The van der Waals surface area contributed by atoms with Crippen molar-refractivity contribution in [1.29, 1.82) is 0 Å². The van der Waals surface area contributed by atoms with Gasteiger partial charge in [0.2, 0.25) is 0 Å². The van der Waals surface area contributed by atoms with Crippen molar-refractivity contribution in [3.63, 3.8) is 0 Å². The maximum atomic E-state index is 12.0. The average molecular weight is 257 g/mol. The van der Waals surface area contributed by atoms with E-state index < -0.39 is 12.0 Å². The Kier molecular flexibility index (Phi) is 4.56. The van der Waals surface area contributed by atoms with Gasteiger partial charge < -0.3 is 20.2 Å². The second-order valence-corrected chi connectivity index (χ2v) is 5.56. The van der Waals surface area contributed by atoms with E-state index in [1.54, 1.807) is 0 Å². The number of aliphatic carboxylic acids is 1. The quantitative estimate of drug-likeness (QED) is 0.773. The summed E-state index contributed by atoms with van der Waals surface area (Å²) in [5.74, 6) is -0.922. The monoisotopic (exact) mass is 257 g/mol. The lowest BCUT2D eigenvalue weighted by molar-refractivity contribution is -0.141. The Morgan fingerprint density at radius 1 is 1.44 bits per heavy atom. The number of hydrogen-bond acceptors (Lipinski definition) is 3.